The molecule has 1 heterocycles. The van der Waals surface area contributed by atoms with Crippen LogP contribution in [0.3, 0.4) is 0 Å². The predicted molar refractivity (Wildman–Crippen MR) is 80.8 cm³/mol. The molecule has 0 aromatic carbocycles. The molecular weight excluding hydrogens is 268 g/mol. The van der Waals surface area contributed by atoms with Crippen molar-refractivity contribution in [3.63, 3.8) is 0 Å². The summed E-state index contributed by atoms with van der Waals surface area (Å²) < 4.78 is 5.15. The van der Waals surface area contributed by atoms with Crippen LogP contribution in [0.15, 0.2) is 12.4 Å². The van der Waals surface area contributed by atoms with Gasteiger partial charge in [0.15, 0.2) is 0 Å². The van der Waals surface area contributed by atoms with E-state index in [2.05, 4.69) is 15.3 Å². The van der Waals surface area contributed by atoms with Crippen LogP contribution in [-0.4, -0.2) is 21.7 Å². The summed E-state index contributed by atoms with van der Waals surface area (Å²) in [5, 5.41) is 2.52. The second-order valence-corrected chi connectivity index (χ2v) is 6.64. The molecule has 1 fully saturated rings. The Morgan fingerprint density at radius 2 is 1.81 bits per heavy atom. The van der Waals surface area contributed by atoms with Gasteiger partial charge in [-0.3, -0.25) is 5.32 Å². The molecule has 0 unspecified atom stereocenters. The van der Waals surface area contributed by atoms with Crippen molar-refractivity contribution in [2.75, 3.05) is 5.32 Å². The van der Waals surface area contributed by atoms with Gasteiger partial charge in [-0.05, 0) is 33.6 Å². The number of amides is 1. The molecule has 0 atom stereocenters. The standard InChI is InChI=1S/C15H24N4O2/c1-14(2,3)21-13(20)19-12-17-9-11(10-18-12)15(16)7-5-4-6-8-15/h9-10H,4-8,16H2,1-3H3,(H,17,18,19,20). The molecular formula is C15H24N4O2. The zero-order chi connectivity index (χ0) is 15.5. The van der Waals surface area contributed by atoms with E-state index in [1.165, 1.54) is 6.42 Å². The van der Waals surface area contributed by atoms with Crippen LogP contribution in [0, 0.1) is 0 Å². The maximum absolute atomic E-state index is 11.6. The van der Waals surface area contributed by atoms with Crippen LogP contribution in [0.5, 0.6) is 0 Å². The average molecular weight is 292 g/mol. The lowest BCUT2D eigenvalue weighted by atomic mass is 9.78. The van der Waals surface area contributed by atoms with Crippen LogP contribution in [0.4, 0.5) is 10.7 Å². The van der Waals surface area contributed by atoms with Crippen LogP contribution in [0.25, 0.3) is 0 Å². The van der Waals surface area contributed by atoms with E-state index in [1.807, 2.05) is 0 Å². The third kappa shape index (κ3) is 4.39. The van der Waals surface area contributed by atoms with Crippen LogP contribution >= 0.6 is 0 Å². The molecule has 0 aliphatic heterocycles. The Labute approximate surface area is 125 Å². The Bertz CT molecular complexity index is 487. The van der Waals surface area contributed by atoms with E-state index in [1.54, 1.807) is 33.2 Å². The summed E-state index contributed by atoms with van der Waals surface area (Å²) in [5.41, 5.74) is 6.47. The van der Waals surface area contributed by atoms with Crippen LogP contribution in [-0.2, 0) is 10.3 Å². The summed E-state index contributed by atoms with van der Waals surface area (Å²) in [6, 6.07) is 0. The fourth-order valence-corrected chi connectivity index (χ4v) is 2.52. The fraction of sp³-hybridized carbons (Fsp3) is 0.667. The molecule has 1 aliphatic carbocycles. The number of carbonyl (C=O) groups is 1. The molecule has 0 spiro atoms. The number of hydrogen-bond acceptors (Lipinski definition) is 5. The van der Waals surface area contributed by atoms with Gasteiger partial charge in [0.2, 0.25) is 5.95 Å². The molecule has 0 saturated heterocycles. The number of anilines is 1. The summed E-state index contributed by atoms with van der Waals surface area (Å²) in [5.74, 6) is 0.229. The summed E-state index contributed by atoms with van der Waals surface area (Å²) in [6.45, 7) is 5.41. The molecule has 6 nitrogen and oxygen atoms in total. The highest BCUT2D eigenvalue weighted by molar-refractivity contribution is 5.82. The number of carbonyl (C=O) groups excluding carboxylic acids is 1. The second-order valence-electron chi connectivity index (χ2n) is 6.64. The first kappa shape index (κ1) is 15.7. The molecule has 6 heteroatoms. The summed E-state index contributed by atoms with van der Waals surface area (Å²) in [4.78, 5) is 20.0. The number of hydrogen-bond donors (Lipinski definition) is 2. The summed E-state index contributed by atoms with van der Waals surface area (Å²) in [7, 11) is 0. The molecule has 1 aromatic heterocycles. The van der Waals surface area contributed by atoms with E-state index >= 15 is 0 Å². The van der Waals surface area contributed by atoms with Gasteiger partial charge in [0.05, 0.1) is 0 Å². The average Bonchev–Trinajstić information content (AvgIpc) is 2.38. The minimum Gasteiger partial charge on any atom is -0.444 e. The van der Waals surface area contributed by atoms with Gasteiger partial charge in [-0.25, -0.2) is 14.8 Å². The van der Waals surface area contributed by atoms with Gasteiger partial charge in [0.25, 0.3) is 0 Å². The lowest BCUT2D eigenvalue weighted by Gasteiger charge is -2.33. The Kier molecular flexibility index (Phi) is 4.46. The second kappa shape index (κ2) is 5.97. The van der Waals surface area contributed by atoms with E-state index in [0.717, 1.165) is 31.2 Å². The lowest BCUT2D eigenvalue weighted by Crippen LogP contribution is -2.38. The van der Waals surface area contributed by atoms with Crippen molar-refractivity contribution < 1.29 is 9.53 Å². The number of aromatic nitrogens is 2. The SMILES string of the molecule is CC(C)(C)OC(=O)Nc1ncc(C2(N)CCCCC2)cn1. The number of nitrogens with zero attached hydrogens (tertiary/aromatic N) is 2. The molecule has 1 aliphatic rings. The maximum atomic E-state index is 11.6. The third-order valence-corrected chi connectivity index (χ3v) is 3.59. The largest absolute Gasteiger partial charge is 0.444 e. The monoisotopic (exact) mass is 292 g/mol. The topological polar surface area (TPSA) is 90.1 Å². The van der Waals surface area contributed by atoms with Gasteiger partial charge in [-0.15, -0.1) is 0 Å². The number of ether oxygens (including phenoxy) is 1. The fourth-order valence-electron chi connectivity index (χ4n) is 2.52. The van der Waals surface area contributed by atoms with Gasteiger partial charge >= 0.3 is 6.09 Å². The Morgan fingerprint density at radius 1 is 1.24 bits per heavy atom. The van der Waals surface area contributed by atoms with Crippen molar-refractivity contribution in [1.29, 1.82) is 0 Å². The van der Waals surface area contributed by atoms with E-state index in [0.29, 0.717) is 0 Å². The molecule has 0 bridgehead atoms. The Morgan fingerprint density at radius 3 is 2.33 bits per heavy atom. The molecule has 1 saturated carbocycles. The van der Waals surface area contributed by atoms with E-state index in [4.69, 9.17) is 10.5 Å². The molecule has 116 valence electrons. The Balaban J connectivity index is 2.00. The van der Waals surface area contributed by atoms with Crippen LogP contribution < -0.4 is 11.1 Å². The van der Waals surface area contributed by atoms with E-state index in [-0.39, 0.29) is 11.5 Å². The third-order valence-electron chi connectivity index (χ3n) is 3.59. The first-order valence-corrected chi connectivity index (χ1v) is 7.40. The van der Waals surface area contributed by atoms with E-state index < -0.39 is 11.7 Å². The predicted octanol–water partition coefficient (Wildman–Crippen LogP) is 2.94. The van der Waals surface area contributed by atoms with Gasteiger partial charge in [0, 0.05) is 23.5 Å². The summed E-state index contributed by atoms with van der Waals surface area (Å²) >= 11 is 0. The van der Waals surface area contributed by atoms with Crippen molar-refractivity contribution in [3.05, 3.63) is 18.0 Å². The highest BCUT2D eigenvalue weighted by atomic mass is 16.6. The summed E-state index contributed by atoms with van der Waals surface area (Å²) in [6.07, 6.45) is 8.25. The van der Waals surface area contributed by atoms with Crippen molar-refractivity contribution in [2.24, 2.45) is 5.73 Å². The molecule has 21 heavy (non-hydrogen) atoms. The van der Waals surface area contributed by atoms with Gasteiger partial charge in [0.1, 0.15) is 5.60 Å². The minimum absolute atomic E-state index is 0.229. The molecule has 1 amide bonds. The molecule has 3 N–H and O–H groups in total. The first-order valence-electron chi connectivity index (χ1n) is 7.40. The highest BCUT2D eigenvalue weighted by Crippen LogP contribution is 2.34. The maximum Gasteiger partial charge on any atom is 0.414 e. The zero-order valence-corrected chi connectivity index (χ0v) is 13.0. The molecule has 1 aromatic rings. The van der Waals surface area contributed by atoms with Gasteiger partial charge < -0.3 is 10.5 Å². The quantitative estimate of drug-likeness (QED) is 0.874. The smallest absolute Gasteiger partial charge is 0.414 e. The Hall–Kier alpha value is -1.69. The lowest BCUT2D eigenvalue weighted by molar-refractivity contribution is 0.0634. The van der Waals surface area contributed by atoms with Crippen LogP contribution in [0.2, 0.25) is 0 Å². The number of nitrogens with two attached hydrogens (primary N) is 1. The molecule has 0 radical (unpaired) electrons. The minimum atomic E-state index is -0.560. The van der Waals surface area contributed by atoms with Crippen molar-refractivity contribution >= 4 is 12.0 Å². The van der Waals surface area contributed by atoms with Crippen molar-refractivity contribution in [2.45, 2.75) is 64.0 Å². The number of nitrogens with one attached hydrogen (secondary N) is 1. The molecule has 2 rings (SSSR count). The first-order chi connectivity index (χ1) is 9.78. The van der Waals surface area contributed by atoms with E-state index in [9.17, 15) is 4.79 Å². The van der Waals surface area contributed by atoms with Crippen molar-refractivity contribution in [3.8, 4) is 0 Å². The van der Waals surface area contributed by atoms with Crippen molar-refractivity contribution in [1.82, 2.24) is 9.97 Å². The number of rotatable bonds is 2. The van der Waals surface area contributed by atoms with Crippen LogP contribution in [0.1, 0.15) is 58.4 Å². The normalized spacial score (nSPS) is 18.1. The van der Waals surface area contributed by atoms with Gasteiger partial charge in [-0.1, -0.05) is 19.3 Å². The van der Waals surface area contributed by atoms with Gasteiger partial charge in [-0.2, -0.15) is 0 Å². The zero-order valence-electron chi connectivity index (χ0n) is 13.0. The highest BCUT2D eigenvalue weighted by Gasteiger charge is 2.30.